The Labute approximate surface area is 118 Å². The van der Waals surface area contributed by atoms with Crippen molar-refractivity contribution < 1.29 is 13.3 Å². The molecule has 2 heterocycles. The molecular weight excluding hydrogens is 306 g/mol. The van der Waals surface area contributed by atoms with Crippen molar-refractivity contribution in [1.82, 2.24) is 19.5 Å². The van der Waals surface area contributed by atoms with Gasteiger partial charge in [0.1, 0.15) is 16.9 Å². The van der Waals surface area contributed by atoms with Crippen molar-refractivity contribution >= 4 is 26.4 Å². The van der Waals surface area contributed by atoms with Crippen LogP contribution >= 0.6 is 11.3 Å². The Morgan fingerprint density at radius 1 is 1.55 bits per heavy atom. The number of hydrogen-bond acceptors (Lipinski definition) is 7. The number of aromatic nitrogens is 3. The molecule has 0 aromatic carbocycles. The summed E-state index contributed by atoms with van der Waals surface area (Å²) in [6, 6.07) is 1.96. The molecule has 0 saturated carbocycles. The Morgan fingerprint density at radius 3 is 2.85 bits per heavy atom. The topological polar surface area (TPSA) is 120 Å². The van der Waals surface area contributed by atoms with Gasteiger partial charge in [-0.25, -0.2) is 18.1 Å². The second-order valence-electron chi connectivity index (χ2n) is 3.99. The molecule has 0 spiro atoms. The van der Waals surface area contributed by atoms with Crippen molar-refractivity contribution in [2.24, 2.45) is 0 Å². The van der Waals surface area contributed by atoms with Crippen LogP contribution in [0.25, 0.3) is 0 Å². The Balaban J connectivity index is 2.08. The van der Waals surface area contributed by atoms with Crippen LogP contribution in [-0.2, 0) is 16.6 Å². The standard InChI is InChI=1S/C9H11N5O4S2/c1-7(4-13-6-10-5-11-13)12-20(17,18)9-3-2-8(19-9)14(15)16/h2-3,5-7,12H,4H2,1H3. The third kappa shape index (κ3) is 3.37. The maximum absolute atomic E-state index is 12.0. The van der Waals surface area contributed by atoms with Crippen LogP contribution in [0.15, 0.2) is 29.0 Å². The first-order chi connectivity index (χ1) is 9.38. The fraction of sp³-hybridized carbons (Fsp3) is 0.333. The van der Waals surface area contributed by atoms with E-state index in [0.717, 1.165) is 0 Å². The lowest BCUT2D eigenvalue weighted by molar-refractivity contribution is -0.380. The van der Waals surface area contributed by atoms with Crippen molar-refractivity contribution in [2.75, 3.05) is 0 Å². The molecule has 0 bridgehead atoms. The van der Waals surface area contributed by atoms with E-state index in [-0.39, 0.29) is 9.21 Å². The smallest absolute Gasteiger partial charge is 0.258 e. The number of nitrogens with one attached hydrogen (secondary N) is 1. The van der Waals surface area contributed by atoms with Crippen LogP contribution in [0.2, 0.25) is 0 Å². The summed E-state index contributed by atoms with van der Waals surface area (Å²) in [5.41, 5.74) is 0. The largest absolute Gasteiger partial charge is 0.325 e. The average Bonchev–Trinajstić information content (AvgIpc) is 2.97. The summed E-state index contributed by atoms with van der Waals surface area (Å²) in [4.78, 5) is 13.7. The lowest BCUT2D eigenvalue weighted by Gasteiger charge is -2.12. The van der Waals surface area contributed by atoms with Gasteiger partial charge in [0.2, 0.25) is 0 Å². The van der Waals surface area contributed by atoms with Crippen molar-refractivity contribution in [3.63, 3.8) is 0 Å². The van der Waals surface area contributed by atoms with E-state index < -0.39 is 21.0 Å². The van der Waals surface area contributed by atoms with E-state index in [1.807, 2.05) is 0 Å². The SMILES string of the molecule is CC(Cn1cncn1)NS(=O)(=O)c1ccc([N+](=O)[O-])s1. The molecule has 1 atom stereocenters. The predicted molar refractivity (Wildman–Crippen MR) is 70.8 cm³/mol. The van der Waals surface area contributed by atoms with Crippen LogP contribution < -0.4 is 4.72 Å². The lowest BCUT2D eigenvalue weighted by Crippen LogP contribution is -2.35. The van der Waals surface area contributed by atoms with Crippen molar-refractivity contribution in [3.8, 4) is 0 Å². The molecule has 20 heavy (non-hydrogen) atoms. The predicted octanol–water partition coefficient (Wildman–Crippen LogP) is 0.615. The zero-order chi connectivity index (χ0) is 14.8. The van der Waals surface area contributed by atoms with Crippen LogP contribution in [0.1, 0.15) is 6.92 Å². The molecule has 2 rings (SSSR count). The van der Waals surface area contributed by atoms with Gasteiger partial charge in [0.05, 0.1) is 11.5 Å². The normalized spacial score (nSPS) is 13.2. The van der Waals surface area contributed by atoms with Gasteiger partial charge in [-0.1, -0.05) is 0 Å². The summed E-state index contributed by atoms with van der Waals surface area (Å²) >= 11 is 0.614. The highest BCUT2D eigenvalue weighted by Crippen LogP contribution is 2.27. The molecule has 108 valence electrons. The molecule has 2 aromatic rings. The Hall–Kier alpha value is -1.85. The number of hydrogen-bond donors (Lipinski definition) is 1. The summed E-state index contributed by atoms with van der Waals surface area (Å²) in [6.07, 6.45) is 2.82. The minimum absolute atomic E-state index is 0.0883. The lowest BCUT2D eigenvalue weighted by atomic mass is 10.4. The molecule has 11 heteroatoms. The second-order valence-corrected chi connectivity index (χ2v) is 6.99. The van der Waals surface area contributed by atoms with Gasteiger partial charge in [0.25, 0.3) is 10.0 Å². The Bertz CT molecular complexity index is 694. The van der Waals surface area contributed by atoms with Crippen molar-refractivity contribution in [2.45, 2.75) is 23.7 Å². The minimum Gasteiger partial charge on any atom is -0.258 e. The number of sulfonamides is 1. The molecule has 0 aliphatic carbocycles. The molecule has 1 unspecified atom stereocenters. The molecule has 9 nitrogen and oxygen atoms in total. The third-order valence-electron chi connectivity index (χ3n) is 2.30. The number of rotatable bonds is 6. The van der Waals surface area contributed by atoms with Crippen LogP contribution in [0.3, 0.4) is 0 Å². The van der Waals surface area contributed by atoms with Crippen LogP contribution in [0.4, 0.5) is 5.00 Å². The number of thiophene rings is 1. The van der Waals surface area contributed by atoms with E-state index >= 15 is 0 Å². The first kappa shape index (κ1) is 14.6. The molecule has 0 fully saturated rings. The molecule has 0 saturated heterocycles. The number of nitrogens with zero attached hydrogens (tertiary/aromatic N) is 4. The van der Waals surface area contributed by atoms with Gasteiger partial charge in [0.15, 0.2) is 0 Å². The first-order valence-corrected chi connectivity index (χ1v) is 7.77. The monoisotopic (exact) mass is 317 g/mol. The maximum Gasteiger partial charge on any atom is 0.325 e. The zero-order valence-electron chi connectivity index (χ0n) is 10.3. The van der Waals surface area contributed by atoms with E-state index in [1.54, 1.807) is 6.92 Å². The van der Waals surface area contributed by atoms with E-state index in [1.165, 1.54) is 29.5 Å². The van der Waals surface area contributed by atoms with Gasteiger partial charge in [-0.05, 0) is 24.3 Å². The van der Waals surface area contributed by atoms with Gasteiger partial charge in [-0.2, -0.15) is 5.10 Å². The van der Waals surface area contributed by atoms with Gasteiger partial charge in [-0.15, -0.1) is 0 Å². The molecule has 1 N–H and O–H groups in total. The van der Waals surface area contributed by atoms with Crippen LogP contribution in [0, 0.1) is 10.1 Å². The molecule has 0 aliphatic heterocycles. The van der Waals surface area contributed by atoms with Gasteiger partial charge < -0.3 is 0 Å². The van der Waals surface area contributed by atoms with Crippen LogP contribution in [0.5, 0.6) is 0 Å². The summed E-state index contributed by atoms with van der Waals surface area (Å²) in [5.74, 6) is 0. The maximum atomic E-state index is 12.0. The Kier molecular flexibility index (Phi) is 4.11. The highest BCUT2D eigenvalue weighted by atomic mass is 32.2. The van der Waals surface area contributed by atoms with E-state index in [9.17, 15) is 18.5 Å². The summed E-state index contributed by atoms with van der Waals surface area (Å²) in [7, 11) is -3.77. The van der Waals surface area contributed by atoms with Gasteiger partial charge >= 0.3 is 5.00 Å². The van der Waals surface area contributed by atoms with Crippen molar-refractivity contribution in [1.29, 1.82) is 0 Å². The quantitative estimate of drug-likeness (QED) is 0.616. The van der Waals surface area contributed by atoms with Crippen molar-refractivity contribution in [3.05, 3.63) is 34.9 Å². The van der Waals surface area contributed by atoms with Crippen LogP contribution in [-0.4, -0.2) is 34.1 Å². The fourth-order valence-corrected chi connectivity index (χ4v) is 3.88. The zero-order valence-corrected chi connectivity index (χ0v) is 12.0. The molecule has 0 amide bonds. The average molecular weight is 317 g/mol. The summed E-state index contributed by atoms with van der Waals surface area (Å²) < 4.78 is 27.9. The Morgan fingerprint density at radius 2 is 2.30 bits per heavy atom. The molecule has 0 aliphatic rings. The summed E-state index contributed by atoms with van der Waals surface area (Å²) in [6.45, 7) is 1.98. The highest BCUT2D eigenvalue weighted by Gasteiger charge is 2.22. The molecule has 0 radical (unpaired) electrons. The highest BCUT2D eigenvalue weighted by molar-refractivity contribution is 7.91. The van der Waals surface area contributed by atoms with E-state index in [4.69, 9.17) is 0 Å². The summed E-state index contributed by atoms with van der Waals surface area (Å²) in [5, 5.41) is 14.2. The molecule has 2 aromatic heterocycles. The fourth-order valence-electron chi connectivity index (χ4n) is 1.52. The second kappa shape index (κ2) is 5.64. The van der Waals surface area contributed by atoms with E-state index in [2.05, 4.69) is 14.8 Å². The van der Waals surface area contributed by atoms with E-state index in [0.29, 0.717) is 17.9 Å². The first-order valence-electron chi connectivity index (χ1n) is 5.47. The number of nitro groups is 1. The third-order valence-corrected chi connectivity index (χ3v) is 5.41. The molecular formula is C9H11N5O4S2. The minimum atomic E-state index is -3.77. The van der Waals surface area contributed by atoms with Gasteiger partial charge in [0, 0.05) is 12.1 Å². The van der Waals surface area contributed by atoms with Gasteiger partial charge in [-0.3, -0.25) is 14.8 Å².